The molecule has 0 aromatic heterocycles. The molecule has 2 aromatic carbocycles. The number of nitrogens with zero attached hydrogens (tertiary/aromatic N) is 1. The quantitative estimate of drug-likeness (QED) is 0.691. The molecule has 1 N–H and O–H groups in total. The third kappa shape index (κ3) is 4.84. The van der Waals surface area contributed by atoms with Gasteiger partial charge >= 0.3 is 0 Å². The van der Waals surface area contributed by atoms with Crippen LogP contribution < -0.4 is 10.1 Å². The first-order chi connectivity index (χ1) is 13.5. The fourth-order valence-corrected chi connectivity index (χ4v) is 3.57. The van der Waals surface area contributed by atoms with Crippen LogP contribution in [0.25, 0.3) is 0 Å². The van der Waals surface area contributed by atoms with Gasteiger partial charge in [-0.3, -0.25) is 9.59 Å². The summed E-state index contributed by atoms with van der Waals surface area (Å²) < 4.78 is 5.79. The van der Waals surface area contributed by atoms with E-state index in [1.54, 1.807) is 11.9 Å². The number of carbonyl (C=O) groups is 2. The average Bonchev–Trinajstić information content (AvgIpc) is 2.70. The van der Waals surface area contributed by atoms with Crippen LogP contribution >= 0.6 is 11.6 Å². The number of rotatable bonds is 7. The van der Waals surface area contributed by atoms with Gasteiger partial charge < -0.3 is 15.0 Å². The molecule has 1 aliphatic rings. The van der Waals surface area contributed by atoms with Crippen molar-refractivity contribution in [2.45, 2.75) is 38.6 Å². The van der Waals surface area contributed by atoms with Crippen LogP contribution in [0.1, 0.15) is 43.4 Å². The Bertz CT molecular complexity index is 869. The van der Waals surface area contributed by atoms with Gasteiger partial charge in [-0.05, 0) is 55.2 Å². The third-order valence-corrected chi connectivity index (χ3v) is 5.45. The van der Waals surface area contributed by atoms with Crippen LogP contribution in [0.3, 0.4) is 0 Å². The van der Waals surface area contributed by atoms with Crippen molar-refractivity contribution in [3.05, 3.63) is 58.6 Å². The van der Waals surface area contributed by atoms with Crippen molar-refractivity contribution in [1.82, 2.24) is 4.90 Å². The normalized spacial score (nSPS) is 14.0. The van der Waals surface area contributed by atoms with Gasteiger partial charge in [-0.15, -0.1) is 0 Å². The van der Waals surface area contributed by atoms with E-state index in [9.17, 15) is 9.59 Å². The molecule has 0 bridgehead atoms. The van der Waals surface area contributed by atoms with Crippen LogP contribution in [0.2, 0.25) is 5.02 Å². The Morgan fingerprint density at radius 3 is 2.82 bits per heavy atom. The highest BCUT2D eigenvalue weighted by molar-refractivity contribution is 6.31. The average molecular weight is 401 g/mol. The lowest BCUT2D eigenvalue weighted by Gasteiger charge is -2.26. The van der Waals surface area contributed by atoms with Gasteiger partial charge in [0.15, 0.2) is 0 Å². The minimum absolute atomic E-state index is 0.0508. The van der Waals surface area contributed by atoms with Gasteiger partial charge in [0.2, 0.25) is 11.8 Å². The van der Waals surface area contributed by atoms with E-state index in [2.05, 4.69) is 5.32 Å². The van der Waals surface area contributed by atoms with E-state index in [1.807, 2.05) is 49.4 Å². The van der Waals surface area contributed by atoms with Crippen LogP contribution in [0.15, 0.2) is 42.5 Å². The number of carbonyl (C=O) groups excluding carboxylic acids is 2. The minimum atomic E-state index is -0.0852. The van der Waals surface area contributed by atoms with E-state index in [0.29, 0.717) is 30.9 Å². The lowest BCUT2D eigenvalue weighted by Crippen LogP contribution is -2.29. The molecule has 3 rings (SSSR count). The maximum absolute atomic E-state index is 12.5. The molecule has 0 fully saturated rings. The van der Waals surface area contributed by atoms with Crippen LogP contribution in [0, 0.1) is 0 Å². The molecule has 2 amide bonds. The highest BCUT2D eigenvalue weighted by Gasteiger charge is 2.19. The molecule has 1 aliphatic heterocycles. The molecule has 6 heteroatoms. The predicted octanol–water partition coefficient (Wildman–Crippen LogP) is 4.60. The van der Waals surface area contributed by atoms with Gasteiger partial charge in [0.1, 0.15) is 5.75 Å². The molecule has 0 saturated heterocycles. The molecule has 1 unspecified atom stereocenters. The number of hydrogen-bond acceptors (Lipinski definition) is 3. The lowest BCUT2D eigenvalue weighted by molar-refractivity contribution is -0.132. The van der Waals surface area contributed by atoms with E-state index >= 15 is 0 Å². The number of halogens is 1. The zero-order valence-electron chi connectivity index (χ0n) is 16.2. The molecular formula is C22H25ClN2O3. The highest BCUT2D eigenvalue weighted by atomic mass is 35.5. The van der Waals surface area contributed by atoms with Gasteiger partial charge in [0.25, 0.3) is 0 Å². The molecule has 0 aliphatic carbocycles. The number of ether oxygens (including phenoxy) is 1. The van der Waals surface area contributed by atoms with Crippen molar-refractivity contribution in [2.24, 2.45) is 0 Å². The van der Waals surface area contributed by atoms with E-state index < -0.39 is 0 Å². The summed E-state index contributed by atoms with van der Waals surface area (Å²) in [5, 5.41) is 3.52. The molecule has 5 nitrogen and oxygen atoms in total. The SMILES string of the molecule is CC(c1ccccc1Cl)N(C)C(=O)CCCOc1ccc2c(c1)CCC(=O)N2. The molecular weight excluding hydrogens is 376 g/mol. The number of hydrogen-bond donors (Lipinski definition) is 1. The number of benzene rings is 2. The highest BCUT2D eigenvalue weighted by Crippen LogP contribution is 2.28. The van der Waals surface area contributed by atoms with Gasteiger partial charge in [0.05, 0.1) is 12.6 Å². The number of nitrogens with one attached hydrogen (secondary N) is 1. The molecule has 148 valence electrons. The van der Waals surface area contributed by atoms with Crippen LogP contribution in [-0.4, -0.2) is 30.4 Å². The van der Waals surface area contributed by atoms with Crippen molar-refractivity contribution in [2.75, 3.05) is 19.0 Å². The van der Waals surface area contributed by atoms with Gasteiger partial charge in [-0.25, -0.2) is 0 Å². The molecule has 0 saturated carbocycles. The van der Waals surface area contributed by atoms with Gasteiger partial charge in [0, 0.05) is 30.6 Å². The standard InChI is InChI=1S/C22H25ClN2O3/c1-15(18-6-3-4-7-19(18)23)25(2)22(27)8-5-13-28-17-10-11-20-16(14-17)9-12-21(26)24-20/h3-4,6-7,10-11,14-15H,5,8-9,12-13H2,1-2H3,(H,24,26). The first-order valence-corrected chi connectivity index (χ1v) is 9.89. The van der Waals surface area contributed by atoms with Crippen molar-refractivity contribution in [3.8, 4) is 5.75 Å². The van der Waals surface area contributed by atoms with Gasteiger partial charge in [-0.1, -0.05) is 29.8 Å². The lowest BCUT2D eigenvalue weighted by atomic mass is 10.0. The summed E-state index contributed by atoms with van der Waals surface area (Å²) in [5.41, 5.74) is 2.88. The maximum atomic E-state index is 12.5. The third-order valence-electron chi connectivity index (χ3n) is 5.11. The maximum Gasteiger partial charge on any atom is 0.224 e. The Morgan fingerprint density at radius 2 is 2.04 bits per heavy atom. The Balaban J connectivity index is 1.46. The second-order valence-electron chi connectivity index (χ2n) is 7.02. The largest absolute Gasteiger partial charge is 0.494 e. The summed E-state index contributed by atoms with van der Waals surface area (Å²) in [6.45, 7) is 2.44. The van der Waals surface area contributed by atoms with E-state index in [4.69, 9.17) is 16.3 Å². The topological polar surface area (TPSA) is 58.6 Å². The van der Waals surface area contributed by atoms with Crippen molar-refractivity contribution in [1.29, 1.82) is 0 Å². The zero-order chi connectivity index (χ0) is 20.1. The summed E-state index contributed by atoms with van der Waals surface area (Å²) in [5.74, 6) is 0.874. The van der Waals surface area contributed by atoms with Crippen LogP contribution in [0.5, 0.6) is 5.75 Å². The van der Waals surface area contributed by atoms with Crippen molar-refractivity contribution >= 4 is 29.1 Å². The van der Waals surface area contributed by atoms with E-state index in [-0.39, 0.29) is 17.9 Å². The number of aryl methyl sites for hydroxylation is 1. The fraction of sp³-hybridized carbons (Fsp3) is 0.364. The molecule has 0 spiro atoms. The van der Waals surface area contributed by atoms with Crippen molar-refractivity contribution in [3.63, 3.8) is 0 Å². The van der Waals surface area contributed by atoms with Crippen molar-refractivity contribution < 1.29 is 14.3 Å². The summed E-state index contributed by atoms with van der Waals surface area (Å²) in [6.07, 6.45) is 2.26. The molecule has 1 heterocycles. The molecule has 28 heavy (non-hydrogen) atoms. The summed E-state index contributed by atoms with van der Waals surface area (Å²) in [4.78, 5) is 25.6. The second-order valence-corrected chi connectivity index (χ2v) is 7.43. The monoisotopic (exact) mass is 400 g/mol. The molecule has 2 aromatic rings. The van der Waals surface area contributed by atoms with Crippen LogP contribution in [-0.2, 0) is 16.0 Å². The smallest absolute Gasteiger partial charge is 0.224 e. The predicted molar refractivity (Wildman–Crippen MR) is 111 cm³/mol. The van der Waals surface area contributed by atoms with E-state index in [0.717, 1.165) is 29.0 Å². The molecule has 1 atom stereocenters. The fourth-order valence-electron chi connectivity index (χ4n) is 3.28. The Morgan fingerprint density at radius 1 is 1.25 bits per heavy atom. The minimum Gasteiger partial charge on any atom is -0.494 e. The number of amides is 2. The van der Waals surface area contributed by atoms with Gasteiger partial charge in [-0.2, -0.15) is 0 Å². The van der Waals surface area contributed by atoms with E-state index in [1.165, 1.54) is 0 Å². The first-order valence-electron chi connectivity index (χ1n) is 9.51. The Labute approximate surface area is 170 Å². The Kier molecular flexibility index (Phi) is 6.57. The number of fused-ring (bicyclic) bond motifs is 1. The summed E-state index contributed by atoms with van der Waals surface area (Å²) >= 11 is 6.24. The second kappa shape index (κ2) is 9.11. The Hall–Kier alpha value is -2.53. The number of anilines is 1. The molecule has 0 radical (unpaired) electrons. The first kappa shape index (κ1) is 20.2. The summed E-state index contributed by atoms with van der Waals surface area (Å²) in [6, 6.07) is 13.2. The zero-order valence-corrected chi connectivity index (χ0v) is 17.0. The van der Waals surface area contributed by atoms with Crippen LogP contribution in [0.4, 0.5) is 5.69 Å². The summed E-state index contributed by atoms with van der Waals surface area (Å²) in [7, 11) is 1.80.